The van der Waals surface area contributed by atoms with E-state index in [-0.39, 0.29) is 0 Å². The molecule has 4 nitrogen and oxygen atoms in total. The highest BCUT2D eigenvalue weighted by Crippen LogP contribution is 2.34. The molecule has 1 unspecified atom stereocenters. The lowest BCUT2D eigenvalue weighted by atomic mass is 10.0. The Labute approximate surface area is 106 Å². The van der Waals surface area contributed by atoms with E-state index in [9.17, 15) is 14.7 Å². The van der Waals surface area contributed by atoms with Crippen LogP contribution in [0.5, 0.6) is 0 Å². The number of fused-ring (bicyclic) bond motifs is 1. The summed E-state index contributed by atoms with van der Waals surface area (Å²) in [5.74, 6) is -0.917. The minimum Gasteiger partial charge on any atom is -0.393 e. The molecule has 1 aliphatic rings. The molecule has 0 aromatic heterocycles. The van der Waals surface area contributed by atoms with Crippen molar-refractivity contribution in [1.29, 1.82) is 0 Å². The van der Waals surface area contributed by atoms with Crippen molar-refractivity contribution in [1.82, 2.24) is 0 Å². The first-order valence-electron chi connectivity index (χ1n) is 6.08. The molecule has 0 bridgehead atoms. The Bertz CT molecular complexity index is 520. The second-order valence-electron chi connectivity index (χ2n) is 4.85. The van der Waals surface area contributed by atoms with Gasteiger partial charge in [-0.3, -0.25) is 9.59 Å². The second-order valence-corrected chi connectivity index (χ2v) is 4.85. The average Bonchev–Trinajstić information content (AvgIpc) is 2.56. The third-order valence-corrected chi connectivity index (χ3v) is 3.29. The van der Waals surface area contributed by atoms with Crippen molar-refractivity contribution in [3.63, 3.8) is 0 Å². The van der Waals surface area contributed by atoms with Crippen LogP contribution in [0.15, 0.2) is 12.1 Å². The number of aliphatic hydroxyl groups excluding tert-OH is 1. The van der Waals surface area contributed by atoms with Crippen LogP contribution < -0.4 is 4.90 Å². The van der Waals surface area contributed by atoms with Gasteiger partial charge in [0.1, 0.15) is 0 Å². The van der Waals surface area contributed by atoms with Gasteiger partial charge in [-0.15, -0.1) is 0 Å². The number of carbonyl (C=O) groups excluding carboxylic acids is 2. The van der Waals surface area contributed by atoms with E-state index in [0.29, 0.717) is 24.2 Å². The van der Waals surface area contributed by atoms with E-state index < -0.39 is 17.8 Å². The maximum atomic E-state index is 12.0. The molecule has 18 heavy (non-hydrogen) atoms. The van der Waals surface area contributed by atoms with E-state index in [0.717, 1.165) is 11.1 Å². The van der Waals surface area contributed by atoms with Crippen LogP contribution in [0.2, 0.25) is 0 Å². The molecule has 1 aromatic carbocycles. The first-order valence-corrected chi connectivity index (χ1v) is 6.08. The number of hydrogen-bond donors (Lipinski definition) is 1. The van der Waals surface area contributed by atoms with Crippen LogP contribution in [0.1, 0.15) is 34.8 Å². The van der Waals surface area contributed by atoms with Gasteiger partial charge in [0.05, 0.1) is 17.4 Å². The van der Waals surface area contributed by atoms with Gasteiger partial charge in [0.2, 0.25) is 0 Å². The third kappa shape index (κ3) is 1.93. The number of carbonyl (C=O) groups is 2. The van der Waals surface area contributed by atoms with Gasteiger partial charge < -0.3 is 10.0 Å². The van der Waals surface area contributed by atoms with E-state index in [1.54, 1.807) is 6.92 Å². The van der Waals surface area contributed by atoms with Crippen LogP contribution in [-0.2, 0) is 4.79 Å². The second kappa shape index (κ2) is 4.53. The highest BCUT2D eigenvalue weighted by atomic mass is 16.3. The SMILES string of the molecule is Cc1ccc(C)c2c1C(=O)C(=O)N2CCC(C)O. The van der Waals surface area contributed by atoms with Crippen LogP contribution >= 0.6 is 0 Å². The van der Waals surface area contributed by atoms with Gasteiger partial charge in [0.25, 0.3) is 11.7 Å². The Morgan fingerprint density at radius 3 is 2.44 bits per heavy atom. The predicted molar refractivity (Wildman–Crippen MR) is 68.9 cm³/mol. The van der Waals surface area contributed by atoms with Crippen LogP contribution in [0.25, 0.3) is 0 Å². The van der Waals surface area contributed by atoms with Crippen molar-refractivity contribution in [2.45, 2.75) is 33.3 Å². The van der Waals surface area contributed by atoms with Crippen molar-refractivity contribution in [2.24, 2.45) is 0 Å². The molecule has 1 aromatic rings. The standard InChI is InChI=1S/C14H17NO3/c1-8-4-5-9(2)12-11(8)13(17)14(18)15(12)7-6-10(3)16/h4-5,10,16H,6-7H2,1-3H3. The molecule has 1 atom stereocenters. The fourth-order valence-electron chi connectivity index (χ4n) is 2.29. The lowest BCUT2D eigenvalue weighted by Crippen LogP contribution is -2.32. The first kappa shape index (κ1) is 12.8. The molecule has 0 radical (unpaired) electrons. The largest absolute Gasteiger partial charge is 0.393 e. The lowest BCUT2D eigenvalue weighted by Gasteiger charge is -2.19. The summed E-state index contributed by atoms with van der Waals surface area (Å²) in [7, 11) is 0. The fourth-order valence-corrected chi connectivity index (χ4v) is 2.29. The average molecular weight is 247 g/mol. The molecule has 96 valence electrons. The minimum absolute atomic E-state index is 0.375. The van der Waals surface area contributed by atoms with Gasteiger partial charge in [-0.2, -0.15) is 0 Å². The van der Waals surface area contributed by atoms with Crippen LogP contribution in [0, 0.1) is 13.8 Å². The number of aryl methyl sites for hydroxylation is 2. The summed E-state index contributed by atoms with van der Waals surface area (Å²) in [6.45, 7) is 5.77. The van der Waals surface area contributed by atoms with E-state index >= 15 is 0 Å². The predicted octanol–water partition coefficient (Wildman–Crippen LogP) is 1.60. The number of aliphatic hydroxyl groups is 1. The Kier molecular flexibility index (Phi) is 3.22. The lowest BCUT2D eigenvalue weighted by molar-refractivity contribution is -0.114. The van der Waals surface area contributed by atoms with E-state index in [1.165, 1.54) is 4.90 Å². The summed E-state index contributed by atoms with van der Waals surface area (Å²) in [6, 6.07) is 3.77. The molecule has 0 saturated heterocycles. The van der Waals surface area contributed by atoms with Gasteiger partial charge in [0.15, 0.2) is 0 Å². The molecular weight excluding hydrogens is 230 g/mol. The summed E-state index contributed by atoms with van der Waals surface area (Å²) in [4.78, 5) is 25.4. The number of nitrogens with zero attached hydrogens (tertiary/aromatic N) is 1. The summed E-state index contributed by atoms with van der Waals surface area (Å²) in [6.07, 6.45) is -0.0201. The van der Waals surface area contributed by atoms with Gasteiger partial charge in [-0.25, -0.2) is 0 Å². The Balaban J connectivity index is 2.45. The first-order chi connectivity index (χ1) is 8.43. The smallest absolute Gasteiger partial charge is 0.299 e. The van der Waals surface area contributed by atoms with Crippen molar-refractivity contribution >= 4 is 17.4 Å². The monoisotopic (exact) mass is 247 g/mol. The number of hydrogen-bond acceptors (Lipinski definition) is 3. The van der Waals surface area contributed by atoms with Crippen molar-refractivity contribution in [2.75, 3.05) is 11.4 Å². The van der Waals surface area contributed by atoms with Crippen LogP contribution in [0.3, 0.4) is 0 Å². The Hall–Kier alpha value is -1.68. The zero-order chi connectivity index (χ0) is 13.4. The normalized spacial score (nSPS) is 16.1. The number of amides is 1. The van der Waals surface area contributed by atoms with E-state index in [2.05, 4.69) is 0 Å². The van der Waals surface area contributed by atoms with E-state index in [1.807, 2.05) is 26.0 Å². The highest BCUT2D eigenvalue weighted by molar-refractivity contribution is 6.52. The van der Waals surface area contributed by atoms with Crippen molar-refractivity contribution in [3.8, 4) is 0 Å². The zero-order valence-corrected chi connectivity index (χ0v) is 10.9. The molecular formula is C14H17NO3. The van der Waals surface area contributed by atoms with E-state index in [4.69, 9.17) is 0 Å². The summed E-state index contributed by atoms with van der Waals surface area (Å²) < 4.78 is 0. The maximum absolute atomic E-state index is 12.0. The topological polar surface area (TPSA) is 57.6 Å². The molecule has 2 rings (SSSR count). The molecule has 4 heteroatoms. The molecule has 0 saturated carbocycles. The van der Waals surface area contributed by atoms with Crippen molar-refractivity contribution < 1.29 is 14.7 Å². The molecule has 0 fully saturated rings. The fraction of sp³-hybridized carbons (Fsp3) is 0.429. The number of rotatable bonds is 3. The molecule has 1 aliphatic heterocycles. The zero-order valence-electron chi connectivity index (χ0n) is 10.9. The molecule has 0 aliphatic carbocycles. The quantitative estimate of drug-likeness (QED) is 0.825. The molecule has 1 N–H and O–H groups in total. The Morgan fingerprint density at radius 2 is 1.83 bits per heavy atom. The summed E-state index contributed by atoms with van der Waals surface area (Å²) in [5, 5.41) is 9.31. The van der Waals surface area contributed by atoms with Crippen LogP contribution in [-0.4, -0.2) is 29.4 Å². The van der Waals surface area contributed by atoms with Gasteiger partial charge in [-0.05, 0) is 38.3 Å². The third-order valence-electron chi connectivity index (χ3n) is 3.29. The Morgan fingerprint density at radius 1 is 1.22 bits per heavy atom. The molecule has 0 spiro atoms. The number of Topliss-reactive ketones (excluding diaryl/α,β-unsaturated/α-hetero) is 1. The summed E-state index contributed by atoms with van der Waals surface area (Å²) in [5.41, 5.74) is 2.98. The van der Waals surface area contributed by atoms with Crippen molar-refractivity contribution in [3.05, 3.63) is 28.8 Å². The number of ketones is 1. The molecule has 1 heterocycles. The maximum Gasteiger partial charge on any atom is 0.299 e. The minimum atomic E-state index is -0.484. The summed E-state index contributed by atoms with van der Waals surface area (Å²) >= 11 is 0. The highest BCUT2D eigenvalue weighted by Gasteiger charge is 2.37. The molecule has 1 amide bonds. The van der Waals surface area contributed by atoms with Crippen LogP contribution in [0.4, 0.5) is 5.69 Å². The van der Waals surface area contributed by atoms with Gasteiger partial charge in [-0.1, -0.05) is 12.1 Å². The number of anilines is 1. The number of benzene rings is 1. The van der Waals surface area contributed by atoms with Gasteiger partial charge in [0, 0.05) is 6.54 Å². The van der Waals surface area contributed by atoms with Gasteiger partial charge >= 0.3 is 0 Å².